The van der Waals surface area contributed by atoms with Gasteiger partial charge in [0.15, 0.2) is 0 Å². The monoisotopic (exact) mass is 313 g/mol. The van der Waals surface area contributed by atoms with Gasteiger partial charge in [0.1, 0.15) is 11.5 Å². The number of carbonyl (C=O) groups is 1. The number of rotatable bonds is 8. The van der Waals surface area contributed by atoms with E-state index in [9.17, 15) is 4.79 Å². The lowest BCUT2D eigenvalue weighted by atomic mass is 10.1. The maximum Gasteiger partial charge on any atom is 0.220 e. The summed E-state index contributed by atoms with van der Waals surface area (Å²) in [4.78, 5) is 11.9. The molecule has 0 saturated carbocycles. The van der Waals surface area contributed by atoms with Crippen LogP contribution in [0.3, 0.4) is 0 Å². The van der Waals surface area contributed by atoms with E-state index in [2.05, 4.69) is 5.32 Å². The molecule has 0 aliphatic heterocycles. The molecule has 4 nitrogen and oxygen atoms in total. The Bertz CT molecular complexity index is 606. The van der Waals surface area contributed by atoms with Crippen LogP contribution in [0.25, 0.3) is 0 Å². The number of methoxy groups -OCH3 is 1. The topological polar surface area (TPSA) is 47.6 Å². The van der Waals surface area contributed by atoms with E-state index in [1.165, 1.54) is 0 Å². The largest absolute Gasteiger partial charge is 0.497 e. The highest BCUT2D eigenvalue weighted by atomic mass is 16.5. The van der Waals surface area contributed by atoms with Gasteiger partial charge in [-0.15, -0.1) is 0 Å². The van der Waals surface area contributed by atoms with Crippen molar-refractivity contribution < 1.29 is 14.3 Å². The van der Waals surface area contributed by atoms with Gasteiger partial charge in [0.2, 0.25) is 5.91 Å². The molecule has 0 saturated heterocycles. The molecular formula is C19H23NO3. The molecule has 0 aromatic heterocycles. The predicted octanol–water partition coefficient (Wildman–Crippen LogP) is 3.34. The third-order valence-electron chi connectivity index (χ3n) is 3.52. The van der Waals surface area contributed by atoms with Crippen LogP contribution in [0.15, 0.2) is 48.5 Å². The maximum atomic E-state index is 11.9. The first-order valence-corrected chi connectivity index (χ1v) is 7.82. The highest BCUT2D eigenvalue weighted by Crippen LogP contribution is 2.13. The van der Waals surface area contributed by atoms with Gasteiger partial charge in [-0.25, -0.2) is 0 Å². The minimum Gasteiger partial charge on any atom is -0.497 e. The van der Waals surface area contributed by atoms with Gasteiger partial charge >= 0.3 is 0 Å². The summed E-state index contributed by atoms with van der Waals surface area (Å²) in [5.74, 6) is 1.73. The zero-order valence-electron chi connectivity index (χ0n) is 13.7. The van der Waals surface area contributed by atoms with Gasteiger partial charge in [0.05, 0.1) is 13.7 Å². The number of hydrogen-bond acceptors (Lipinski definition) is 3. The zero-order valence-corrected chi connectivity index (χ0v) is 13.7. The fraction of sp³-hybridized carbons (Fsp3) is 0.316. The number of ether oxygens (including phenoxy) is 2. The second-order valence-corrected chi connectivity index (χ2v) is 5.20. The Morgan fingerprint density at radius 1 is 0.957 bits per heavy atom. The van der Waals surface area contributed by atoms with Gasteiger partial charge in [0.25, 0.3) is 0 Å². The number of nitrogens with one attached hydrogen (secondary N) is 1. The van der Waals surface area contributed by atoms with E-state index in [0.29, 0.717) is 19.6 Å². The molecule has 2 rings (SSSR count). The van der Waals surface area contributed by atoms with E-state index < -0.39 is 0 Å². The third kappa shape index (κ3) is 5.66. The minimum atomic E-state index is 0.0507. The van der Waals surface area contributed by atoms with E-state index in [1.807, 2.05) is 55.5 Å². The van der Waals surface area contributed by atoms with Crippen molar-refractivity contribution in [1.29, 1.82) is 0 Å². The van der Waals surface area contributed by atoms with Gasteiger partial charge in [-0.05, 0) is 48.7 Å². The Morgan fingerprint density at radius 3 is 2.17 bits per heavy atom. The van der Waals surface area contributed by atoms with E-state index >= 15 is 0 Å². The molecule has 23 heavy (non-hydrogen) atoms. The molecule has 0 radical (unpaired) electrons. The first-order chi connectivity index (χ1) is 11.2. The third-order valence-corrected chi connectivity index (χ3v) is 3.52. The van der Waals surface area contributed by atoms with Crippen LogP contribution in [0.4, 0.5) is 0 Å². The average molecular weight is 313 g/mol. The molecule has 1 N–H and O–H groups in total. The summed E-state index contributed by atoms with van der Waals surface area (Å²) in [6.07, 6.45) is 1.20. The summed E-state index contributed by atoms with van der Waals surface area (Å²) in [6, 6.07) is 15.6. The SMILES string of the molecule is CCOc1ccc(CNC(=O)CCc2ccc(OC)cc2)cc1. The number of aryl methyl sites for hydroxylation is 1. The van der Waals surface area contributed by atoms with Crippen LogP contribution in [-0.4, -0.2) is 19.6 Å². The smallest absolute Gasteiger partial charge is 0.220 e. The number of benzene rings is 2. The Morgan fingerprint density at radius 2 is 1.57 bits per heavy atom. The van der Waals surface area contributed by atoms with Crippen LogP contribution < -0.4 is 14.8 Å². The van der Waals surface area contributed by atoms with Crippen LogP contribution in [0.1, 0.15) is 24.5 Å². The van der Waals surface area contributed by atoms with Crippen molar-refractivity contribution in [3.63, 3.8) is 0 Å². The lowest BCUT2D eigenvalue weighted by Crippen LogP contribution is -2.22. The summed E-state index contributed by atoms with van der Waals surface area (Å²) < 4.78 is 10.5. The van der Waals surface area contributed by atoms with Gasteiger partial charge in [-0.3, -0.25) is 4.79 Å². The Kier molecular flexibility index (Phi) is 6.48. The van der Waals surface area contributed by atoms with Crippen molar-refractivity contribution in [3.8, 4) is 11.5 Å². The van der Waals surface area contributed by atoms with Gasteiger partial charge in [-0.1, -0.05) is 24.3 Å². The molecule has 2 aromatic carbocycles. The zero-order chi connectivity index (χ0) is 16.5. The normalized spacial score (nSPS) is 10.2. The second kappa shape index (κ2) is 8.83. The molecule has 0 fully saturated rings. The highest BCUT2D eigenvalue weighted by Gasteiger charge is 2.03. The van der Waals surface area contributed by atoms with Crippen molar-refractivity contribution in [2.45, 2.75) is 26.3 Å². The first-order valence-electron chi connectivity index (χ1n) is 7.82. The molecule has 0 heterocycles. The predicted molar refractivity (Wildman–Crippen MR) is 90.8 cm³/mol. The second-order valence-electron chi connectivity index (χ2n) is 5.20. The van der Waals surface area contributed by atoms with Crippen molar-refractivity contribution in [1.82, 2.24) is 5.32 Å². The number of hydrogen-bond donors (Lipinski definition) is 1. The molecule has 1 amide bonds. The first kappa shape index (κ1) is 16.9. The van der Waals surface area contributed by atoms with Crippen LogP contribution in [0, 0.1) is 0 Å². The standard InChI is InChI=1S/C19H23NO3/c1-3-23-18-11-6-16(7-12-18)14-20-19(21)13-8-15-4-9-17(22-2)10-5-15/h4-7,9-12H,3,8,13-14H2,1-2H3,(H,20,21). The molecular weight excluding hydrogens is 290 g/mol. The Balaban J connectivity index is 1.73. The van der Waals surface area contributed by atoms with E-state index in [1.54, 1.807) is 7.11 Å². The van der Waals surface area contributed by atoms with E-state index in [0.717, 1.165) is 29.0 Å². The van der Waals surface area contributed by atoms with Crippen LogP contribution in [0.2, 0.25) is 0 Å². The quantitative estimate of drug-likeness (QED) is 0.813. The number of carbonyl (C=O) groups excluding carboxylic acids is 1. The maximum absolute atomic E-state index is 11.9. The molecule has 4 heteroatoms. The Hall–Kier alpha value is -2.49. The van der Waals surface area contributed by atoms with E-state index in [4.69, 9.17) is 9.47 Å². The van der Waals surface area contributed by atoms with Gasteiger partial charge in [-0.2, -0.15) is 0 Å². The molecule has 0 atom stereocenters. The summed E-state index contributed by atoms with van der Waals surface area (Å²) in [7, 11) is 1.64. The van der Waals surface area contributed by atoms with Crippen LogP contribution in [-0.2, 0) is 17.8 Å². The molecule has 2 aromatic rings. The van der Waals surface area contributed by atoms with E-state index in [-0.39, 0.29) is 5.91 Å². The fourth-order valence-electron chi connectivity index (χ4n) is 2.21. The van der Waals surface area contributed by atoms with Gasteiger partial charge < -0.3 is 14.8 Å². The average Bonchev–Trinajstić information content (AvgIpc) is 2.60. The summed E-state index contributed by atoms with van der Waals surface area (Å²) in [5.41, 5.74) is 2.19. The summed E-state index contributed by atoms with van der Waals surface area (Å²) in [6.45, 7) is 3.15. The Labute approximate surface area is 137 Å². The lowest BCUT2D eigenvalue weighted by molar-refractivity contribution is -0.121. The molecule has 0 aliphatic rings. The molecule has 0 bridgehead atoms. The highest BCUT2D eigenvalue weighted by molar-refractivity contribution is 5.76. The van der Waals surface area contributed by atoms with Gasteiger partial charge in [0, 0.05) is 13.0 Å². The summed E-state index contributed by atoms with van der Waals surface area (Å²) in [5, 5.41) is 2.94. The van der Waals surface area contributed by atoms with Crippen LogP contribution in [0.5, 0.6) is 11.5 Å². The lowest BCUT2D eigenvalue weighted by Gasteiger charge is -2.07. The molecule has 122 valence electrons. The van der Waals surface area contributed by atoms with Crippen molar-refractivity contribution in [3.05, 3.63) is 59.7 Å². The summed E-state index contributed by atoms with van der Waals surface area (Å²) >= 11 is 0. The fourth-order valence-corrected chi connectivity index (χ4v) is 2.21. The number of amides is 1. The van der Waals surface area contributed by atoms with Crippen molar-refractivity contribution in [2.24, 2.45) is 0 Å². The minimum absolute atomic E-state index is 0.0507. The van der Waals surface area contributed by atoms with Crippen LogP contribution >= 0.6 is 0 Å². The van der Waals surface area contributed by atoms with Crippen molar-refractivity contribution in [2.75, 3.05) is 13.7 Å². The molecule has 0 aliphatic carbocycles. The molecule has 0 unspecified atom stereocenters. The van der Waals surface area contributed by atoms with Crippen molar-refractivity contribution >= 4 is 5.91 Å². The molecule has 0 spiro atoms.